The van der Waals surface area contributed by atoms with Crippen molar-refractivity contribution in [2.75, 3.05) is 0 Å². The zero-order chi connectivity index (χ0) is 10.3. The van der Waals surface area contributed by atoms with Crippen LogP contribution in [0, 0.1) is 18.6 Å². The van der Waals surface area contributed by atoms with Crippen LogP contribution in [-0.2, 0) is 0 Å². The summed E-state index contributed by atoms with van der Waals surface area (Å²) < 4.78 is 26.6. The fraction of sp³-hybridized carbons (Fsp3) is 0.100. The molecule has 0 fully saturated rings. The molecule has 0 aliphatic rings. The summed E-state index contributed by atoms with van der Waals surface area (Å²) in [5, 5.41) is 0.346. The Labute approximate surface area is 83.0 Å². The quantitative estimate of drug-likeness (QED) is 0.663. The van der Waals surface area contributed by atoms with E-state index in [4.69, 9.17) is 0 Å². The van der Waals surface area contributed by atoms with Crippen molar-refractivity contribution < 1.29 is 13.6 Å². The Kier molecular flexibility index (Phi) is 2.07. The summed E-state index contributed by atoms with van der Waals surface area (Å²) in [6.07, 6.45) is 0.664. The van der Waals surface area contributed by atoms with Gasteiger partial charge in [0, 0.05) is 16.2 Å². The maximum absolute atomic E-state index is 13.3. The number of aldehydes is 1. The van der Waals surface area contributed by atoms with E-state index in [2.05, 4.69) is 0 Å². The first-order valence-electron chi connectivity index (χ1n) is 3.97. The lowest BCUT2D eigenvalue weighted by molar-refractivity contribution is 0.112. The Morgan fingerprint density at radius 2 is 2.07 bits per heavy atom. The molecule has 2 aromatic rings. The number of thiophene rings is 1. The highest BCUT2D eigenvalue weighted by molar-refractivity contribution is 7.20. The number of hydrogen-bond donors (Lipinski definition) is 0. The molecule has 1 heterocycles. The van der Waals surface area contributed by atoms with Crippen molar-refractivity contribution in [1.29, 1.82) is 0 Å². The zero-order valence-electron chi connectivity index (χ0n) is 7.30. The molecule has 0 saturated carbocycles. The highest BCUT2D eigenvalue weighted by atomic mass is 32.1. The SMILES string of the molecule is Cc1c(C=O)sc2cc(F)cc(F)c12. The first-order valence-corrected chi connectivity index (χ1v) is 4.78. The average molecular weight is 212 g/mol. The van der Waals surface area contributed by atoms with E-state index < -0.39 is 11.6 Å². The van der Waals surface area contributed by atoms with Crippen LogP contribution < -0.4 is 0 Å². The summed E-state index contributed by atoms with van der Waals surface area (Å²) in [4.78, 5) is 11.0. The molecule has 4 heteroatoms. The minimum absolute atomic E-state index is 0.346. The molecule has 0 amide bonds. The molecule has 14 heavy (non-hydrogen) atoms. The van der Waals surface area contributed by atoms with Crippen LogP contribution in [0.3, 0.4) is 0 Å². The molecule has 0 N–H and O–H groups in total. The summed E-state index contributed by atoms with van der Waals surface area (Å²) in [7, 11) is 0. The summed E-state index contributed by atoms with van der Waals surface area (Å²) >= 11 is 1.10. The zero-order valence-corrected chi connectivity index (χ0v) is 8.12. The second-order valence-electron chi connectivity index (χ2n) is 2.97. The van der Waals surface area contributed by atoms with Crippen molar-refractivity contribution in [2.45, 2.75) is 6.92 Å². The molecule has 1 aromatic carbocycles. The van der Waals surface area contributed by atoms with Crippen molar-refractivity contribution >= 4 is 27.7 Å². The number of rotatable bonds is 1. The minimum atomic E-state index is -0.617. The number of aryl methyl sites for hydroxylation is 1. The van der Waals surface area contributed by atoms with E-state index in [1.165, 1.54) is 6.07 Å². The number of carbonyl (C=O) groups excluding carboxylic acids is 1. The van der Waals surface area contributed by atoms with E-state index in [0.717, 1.165) is 17.4 Å². The normalized spacial score (nSPS) is 10.8. The van der Waals surface area contributed by atoms with E-state index in [1.807, 2.05) is 0 Å². The van der Waals surface area contributed by atoms with Crippen LogP contribution in [-0.4, -0.2) is 6.29 Å². The van der Waals surface area contributed by atoms with Gasteiger partial charge in [0.05, 0.1) is 4.88 Å². The lowest BCUT2D eigenvalue weighted by atomic mass is 10.1. The van der Waals surface area contributed by atoms with Gasteiger partial charge >= 0.3 is 0 Å². The van der Waals surface area contributed by atoms with E-state index >= 15 is 0 Å². The van der Waals surface area contributed by atoms with Gasteiger partial charge in [0.25, 0.3) is 0 Å². The molecule has 0 spiro atoms. The molecular weight excluding hydrogens is 206 g/mol. The number of benzene rings is 1. The summed E-state index contributed by atoms with van der Waals surface area (Å²) in [6.45, 7) is 1.66. The van der Waals surface area contributed by atoms with Crippen LogP contribution in [0.4, 0.5) is 8.78 Å². The fourth-order valence-electron chi connectivity index (χ4n) is 1.43. The van der Waals surface area contributed by atoms with Gasteiger partial charge in [-0.3, -0.25) is 4.79 Å². The summed E-state index contributed by atoms with van der Waals surface area (Å²) in [5.74, 6) is -1.23. The van der Waals surface area contributed by atoms with Gasteiger partial charge in [-0.05, 0) is 18.6 Å². The highest BCUT2D eigenvalue weighted by Crippen LogP contribution is 2.32. The lowest BCUT2D eigenvalue weighted by Crippen LogP contribution is -1.82. The Morgan fingerprint density at radius 3 is 2.71 bits per heavy atom. The Hall–Kier alpha value is -1.29. The van der Waals surface area contributed by atoms with Gasteiger partial charge in [0.15, 0.2) is 6.29 Å². The molecular formula is C10H6F2OS. The third-order valence-corrected chi connectivity index (χ3v) is 3.25. The van der Waals surface area contributed by atoms with Gasteiger partial charge in [-0.25, -0.2) is 8.78 Å². The molecule has 2 rings (SSSR count). The van der Waals surface area contributed by atoms with Crippen LogP contribution in [0.1, 0.15) is 15.2 Å². The molecule has 0 saturated heterocycles. The first-order chi connectivity index (χ1) is 6.63. The Morgan fingerprint density at radius 1 is 1.36 bits per heavy atom. The molecule has 0 unspecified atom stereocenters. The monoisotopic (exact) mass is 212 g/mol. The van der Waals surface area contributed by atoms with Crippen molar-refractivity contribution in [1.82, 2.24) is 0 Å². The van der Waals surface area contributed by atoms with Crippen LogP contribution in [0.5, 0.6) is 0 Å². The standard InChI is InChI=1S/C10H6F2OS/c1-5-9(4-13)14-8-3-6(11)2-7(12)10(5)8/h2-4H,1H3. The third-order valence-electron chi connectivity index (χ3n) is 2.09. The summed E-state index contributed by atoms with van der Waals surface area (Å²) in [6, 6.07) is 2.07. The number of fused-ring (bicyclic) bond motifs is 1. The average Bonchev–Trinajstić information content (AvgIpc) is 2.42. The van der Waals surface area contributed by atoms with E-state index in [-0.39, 0.29) is 0 Å². The molecule has 0 atom stereocenters. The lowest BCUT2D eigenvalue weighted by Gasteiger charge is -1.94. The Bertz CT molecular complexity index is 516. The van der Waals surface area contributed by atoms with Crippen molar-refractivity contribution in [2.24, 2.45) is 0 Å². The highest BCUT2D eigenvalue weighted by Gasteiger charge is 2.12. The second-order valence-corrected chi connectivity index (χ2v) is 4.05. The van der Waals surface area contributed by atoms with Gasteiger partial charge in [-0.2, -0.15) is 0 Å². The molecule has 0 aliphatic heterocycles. The number of hydrogen-bond acceptors (Lipinski definition) is 2. The second kappa shape index (κ2) is 3.13. The number of carbonyl (C=O) groups is 1. The predicted octanol–water partition coefficient (Wildman–Crippen LogP) is 3.30. The third kappa shape index (κ3) is 1.23. The topological polar surface area (TPSA) is 17.1 Å². The predicted molar refractivity (Wildman–Crippen MR) is 51.9 cm³/mol. The van der Waals surface area contributed by atoms with Crippen molar-refractivity contribution in [3.05, 3.63) is 34.2 Å². The van der Waals surface area contributed by atoms with Crippen LogP contribution >= 0.6 is 11.3 Å². The molecule has 72 valence electrons. The molecule has 1 nitrogen and oxygen atoms in total. The molecule has 0 bridgehead atoms. The van der Waals surface area contributed by atoms with Gasteiger partial charge in [0.2, 0.25) is 0 Å². The summed E-state index contributed by atoms with van der Waals surface area (Å²) in [5.41, 5.74) is 0.581. The van der Waals surface area contributed by atoms with E-state index in [0.29, 0.717) is 26.8 Å². The van der Waals surface area contributed by atoms with E-state index in [9.17, 15) is 13.6 Å². The maximum atomic E-state index is 13.3. The fourth-order valence-corrected chi connectivity index (χ4v) is 2.49. The smallest absolute Gasteiger partial charge is 0.160 e. The van der Waals surface area contributed by atoms with Gasteiger partial charge in [-0.15, -0.1) is 11.3 Å². The van der Waals surface area contributed by atoms with Crippen LogP contribution in [0.2, 0.25) is 0 Å². The van der Waals surface area contributed by atoms with Crippen LogP contribution in [0.25, 0.3) is 10.1 Å². The molecule has 0 aliphatic carbocycles. The van der Waals surface area contributed by atoms with Crippen molar-refractivity contribution in [3.8, 4) is 0 Å². The van der Waals surface area contributed by atoms with Gasteiger partial charge < -0.3 is 0 Å². The van der Waals surface area contributed by atoms with Crippen LogP contribution in [0.15, 0.2) is 12.1 Å². The molecule has 0 radical (unpaired) electrons. The minimum Gasteiger partial charge on any atom is -0.297 e. The maximum Gasteiger partial charge on any atom is 0.160 e. The van der Waals surface area contributed by atoms with E-state index in [1.54, 1.807) is 6.92 Å². The van der Waals surface area contributed by atoms with Gasteiger partial charge in [-0.1, -0.05) is 0 Å². The first kappa shape index (κ1) is 9.27. The largest absolute Gasteiger partial charge is 0.297 e. The van der Waals surface area contributed by atoms with Crippen molar-refractivity contribution in [3.63, 3.8) is 0 Å². The number of halogens is 2. The molecule has 1 aromatic heterocycles. The Balaban J connectivity index is 2.92. The van der Waals surface area contributed by atoms with Gasteiger partial charge in [0.1, 0.15) is 11.6 Å².